The Morgan fingerprint density at radius 3 is 2.37 bits per heavy atom. The highest BCUT2D eigenvalue weighted by Gasteiger charge is 2.21. The fraction of sp³-hybridized carbons (Fsp3) is 0.333. The first-order valence-electron chi connectivity index (χ1n) is 8.62. The number of carbonyl (C=O) groups is 3. The molecule has 2 rings (SSSR count). The maximum absolute atomic E-state index is 12.5. The molecule has 1 unspecified atom stereocenters. The highest BCUT2D eigenvalue weighted by Crippen LogP contribution is 2.25. The molecule has 0 fully saturated rings. The molecule has 0 saturated heterocycles. The van der Waals surface area contributed by atoms with E-state index in [2.05, 4.69) is 10.3 Å². The summed E-state index contributed by atoms with van der Waals surface area (Å²) >= 11 is 0.787. The van der Waals surface area contributed by atoms with Crippen LogP contribution in [0.1, 0.15) is 31.1 Å². The molecule has 1 amide bonds. The third-order valence-electron chi connectivity index (χ3n) is 3.41. The van der Waals surface area contributed by atoms with Gasteiger partial charge in [-0.25, -0.2) is 18.2 Å². The Hall–Kier alpha value is -2.99. The molecule has 1 heterocycles. The third kappa shape index (κ3) is 6.52. The van der Waals surface area contributed by atoms with Gasteiger partial charge in [0.05, 0.1) is 17.7 Å². The first-order valence-corrected chi connectivity index (χ1v) is 11.3. The number of nitrogens with one attached hydrogen (secondary N) is 1. The molecule has 0 aliphatic heterocycles. The maximum atomic E-state index is 12.5. The van der Waals surface area contributed by atoms with E-state index in [1.165, 1.54) is 25.1 Å². The van der Waals surface area contributed by atoms with Crippen LogP contribution in [0.15, 0.2) is 34.7 Å². The van der Waals surface area contributed by atoms with Crippen LogP contribution in [0, 0.1) is 5.92 Å². The van der Waals surface area contributed by atoms with Crippen LogP contribution in [0.3, 0.4) is 0 Å². The van der Waals surface area contributed by atoms with E-state index in [-0.39, 0.29) is 20.7 Å². The normalized spacial score (nSPS) is 12.2. The van der Waals surface area contributed by atoms with Gasteiger partial charge in [0.2, 0.25) is 6.29 Å². The molecule has 30 heavy (non-hydrogen) atoms. The smallest absolute Gasteiger partial charge is 0.425 e. The Labute approximate surface area is 177 Å². The van der Waals surface area contributed by atoms with Gasteiger partial charge in [-0.3, -0.25) is 14.9 Å². The van der Waals surface area contributed by atoms with E-state index in [9.17, 15) is 22.8 Å². The number of nitrogens with zero attached hydrogens (tertiary/aromatic N) is 1. The van der Waals surface area contributed by atoms with Gasteiger partial charge in [-0.15, -0.1) is 0 Å². The number of benzene rings is 1. The number of rotatable bonds is 7. The molecule has 2 aromatic rings. The lowest BCUT2D eigenvalue weighted by Crippen LogP contribution is -2.26. The number of hydrogen-bond acceptors (Lipinski definition) is 10. The van der Waals surface area contributed by atoms with Crippen molar-refractivity contribution in [1.82, 2.24) is 4.98 Å². The van der Waals surface area contributed by atoms with Crippen LogP contribution >= 0.6 is 11.3 Å². The Balaban J connectivity index is 2.06. The van der Waals surface area contributed by atoms with Gasteiger partial charge in [0.1, 0.15) is 9.96 Å². The number of sulfone groups is 1. The van der Waals surface area contributed by atoms with Crippen LogP contribution in [-0.4, -0.2) is 44.0 Å². The van der Waals surface area contributed by atoms with Crippen molar-refractivity contribution in [2.24, 2.45) is 5.92 Å². The van der Waals surface area contributed by atoms with Gasteiger partial charge >= 0.3 is 12.1 Å². The molecule has 0 bridgehead atoms. The summed E-state index contributed by atoms with van der Waals surface area (Å²) in [5.41, 5.74) is -0.0163. The largest absolute Gasteiger partial charge is 0.516 e. The van der Waals surface area contributed by atoms with Gasteiger partial charge in [0.15, 0.2) is 15.0 Å². The van der Waals surface area contributed by atoms with Crippen LogP contribution in [0.5, 0.6) is 5.75 Å². The first-order chi connectivity index (χ1) is 14.0. The second kappa shape index (κ2) is 9.67. The van der Waals surface area contributed by atoms with Crippen LogP contribution in [-0.2, 0) is 24.1 Å². The molecule has 10 nitrogen and oxygen atoms in total. The van der Waals surface area contributed by atoms with Gasteiger partial charge in [-0.1, -0.05) is 37.3 Å². The van der Waals surface area contributed by atoms with Crippen molar-refractivity contribution in [3.05, 3.63) is 36.0 Å². The summed E-state index contributed by atoms with van der Waals surface area (Å²) in [5, 5.41) is 2.51. The number of hydrogen-bond donors (Lipinski definition) is 1. The van der Waals surface area contributed by atoms with Crippen molar-refractivity contribution in [2.45, 2.75) is 31.3 Å². The lowest BCUT2D eigenvalue weighted by Gasteiger charge is -2.15. The number of amides is 1. The third-order valence-corrected chi connectivity index (χ3v) is 6.11. The minimum absolute atomic E-state index is 0.00385. The Kier molecular flexibility index (Phi) is 7.51. The van der Waals surface area contributed by atoms with Gasteiger partial charge in [-0.05, 0) is 12.1 Å². The number of ether oxygens (including phenoxy) is 3. The topological polar surface area (TPSA) is 138 Å². The van der Waals surface area contributed by atoms with E-state index in [4.69, 9.17) is 14.2 Å². The van der Waals surface area contributed by atoms with Crippen molar-refractivity contribution in [2.75, 3.05) is 11.6 Å². The molecule has 0 aliphatic rings. The second-order valence-corrected chi connectivity index (χ2v) is 9.61. The molecule has 1 atom stereocenters. The monoisotopic (exact) mass is 456 g/mol. The predicted molar refractivity (Wildman–Crippen MR) is 107 cm³/mol. The van der Waals surface area contributed by atoms with Crippen LogP contribution in [0.2, 0.25) is 0 Å². The highest BCUT2D eigenvalue weighted by atomic mass is 32.2. The average Bonchev–Trinajstić information content (AvgIpc) is 3.10. The quantitative estimate of drug-likeness (QED) is 0.378. The summed E-state index contributed by atoms with van der Waals surface area (Å²) in [6.07, 6.45) is -0.193. The lowest BCUT2D eigenvalue weighted by molar-refractivity contribution is -0.170. The molecular formula is C18H20N2O8S2. The number of aromatic nitrogens is 1. The summed E-state index contributed by atoms with van der Waals surface area (Å²) < 4.78 is 37.9. The fourth-order valence-corrected chi connectivity index (χ4v) is 3.60. The molecular weight excluding hydrogens is 436 g/mol. The minimum atomic E-state index is -3.45. The SMILES string of the molecule is CC(OC(=O)Oc1ccccc1C(=O)Nc1ncc(S(C)(=O)=O)s1)OC(=O)C(C)C. The second-order valence-electron chi connectivity index (χ2n) is 6.34. The summed E-state index contributed by atoms with van der Waals surface area (Å²) in [4.78, 5) is 39.9. The minimum Gasteiger partial charge on any atom is -0.425 e. The number of para-hydroxylation sites is 1. The van der Waals surface area contributed by atoms with Crippen molar-refractivity contribution < 1.29 is 37.0 Å². The van der Waals surface area contributed by atoms with E-state index < -0.39 is 40.1 Å². The summed E-state index contributed by atoms with van der Waals surface area (Å²) in [6, 6.07) is 5.84. The zero-order valence-corrected chi connectivity index (χ0v) is 18.2. The van der Waals surface area contributed by atoms with E-state index in [0.717, 1.165) is 23.8 Å². The zero-order chi connectivity index (χ0) is 22.5. The fourth-order valence-electron chi connectivity index (χ4n) is 1.97. The maximum Gasteiger partial charge on any atom is 0.516 e. The van der Waals surface area contributed by atoms with Crippen LogP contribution in [0.25, 0.3) is 0 Å². The number of carbonyl (C=O) groups excluding carboxylic acids is 3. The van der Waals surface area contributed by atoms with Crippen LogP contribution < -0.4 is 10.1 Å². The van der Waals surface area contributed by atoms with Crippen molar-refractivity contribution >= 4 is 44.3 Å². The number of anilines is 1. The van der Waals surface area contributed by atoms with E-state index >= 15 is 0 Å². The predicted octanol–water partition coefficient (Wildman–Crippen LogP) is 2.86. The molecule has 0 aliphatic carbocycles. The Morgan fingerprint density at radius 2 is 1.77 bits per heavy atom. The Bertz CT molecular complexity index is 1050. The van der Waals surface area contributed by atoms with Crippen molar-refractivity contribution in [3.8, 4) is 5.75 Å². The molecule has 162 valence electrons. The van der Waals surface area contributed by atoms with E-state index in [1.54, 1.807) is 19.9 Å². The summed E-state index contributed by atoms with van der Waals surface area (Å²) in [5.74, 6) is -1.73. The standard InChI is InChI=1S/C18H20N2O8S2/c1-10(2)16(22)26-11(3)27-18(23)28-13-8-6-5-7-12(13)15(21)20-17-19-9-14(29-17)30(4,24)25/h5-11H,1-4H3,(H,19,20,21). The number of esters is 1. The molecule has 1 N–H and O–H groups in total. The molecule has 0 spiro atoms. The molecule has 1 aromatic carbocycles. The molecule has 12 heteroatoms. The van der Waals surface area contributed by atoms with Gasteiger partial charge in [-0.2, -0.15) is 0 Å². The summed E-state index contributed by atoms with van der Waals surface area (Å²) in [6.45, 7) is 4.61. The molecule has 0 saturated carbocycles. The van der Waals surface area contributed by atoms with E-state index in [0.29, 0.717) is 0 Å². The van der Waals surface area contributed by atoms with E-state index in [1.807, 2.05) is 0 Å². The molecule has 1 aromatic heterocycles. The number of thiazole rings is 1. The average molecular weight is 456 g/mol. The zero-order valence-electron chi connectivity index (χ0n) is 16.6. The first kappa shape index (κ1) is 23.3. The summed E-state index contributed by atoms with van der Waals surface area (Å²) in [7, 11) is -3.45. The Morgan fingerprint density at radius 1 is 1.10 bits per heavy atom. The van der Waals surface area contributed by atoms with Gasteiger partial charge in [0, 0.05) is 13.2 Å². The van der Waals surface area contributed by atoms with Gasteiger partial charge in [0.25, 0.3) is 5.91 Å². The lowest BCUT2D eigenvalue weighted by atomic mass is 10.2. The molecule has 0 radical (unpaired) electrons. The van der Waals surface area contributed by atoms with Crippen molar-refractivity contribution in [1.29, 1.82) is 0 Å². The van der Waals surface area contributed by atoms with Crippen LogP contribution in [0.4, 0.5) is 9.93 Å². The van der Waals surface area contributed by atoms with Gasteiger partial charge < -0.3 is 14.2 Å². The highest BCUT2D eigenvalue weighted by molar-refractivity contribution is 7.92. The van der Waals surface area contributed by atoms with Crippen molar-refractivity contribution in [3.63, 3.8) is 0 Å².